The van der Waals surface area contributed by atoms with Crippen LogP contribution in [0.1, 0.15) is 5.56 Å². The van der Waals surface area contributed by atoms with E-state index in [0.717, 1.165) is 67.6 Å². The summed E-state index contributed by atoms with van der Waals surface area (Å²) in [6.07, 6.45) is 7.61. The molecule has 0 saturated carbocycles. The minimum absolute atomic E-state index is 0.253. The predicted octanol–water partition coefficient (Wildman–Crippen LogP) is 1.65. The van der Waals surface area contributed by atoms with Crippen molar-refractivity contribution in [2.75, 3.05) is 52.0 Å². The fourth-order valence-corrected chi connectivity index (χ4v) is 3.48. The summed E-state index contributed by atoms with van der Waals surface area (Å²) in [6.45, 7) is 4.64. The van der Waals surface area contributed by atoms with Crippen molar-refractivity contribution in [3.8, 4) is 23.1 Å². The number of morpholine rings is 1. The molecule has 3 aromatic heterocycles. The van der Waals surface area contributed by atoms with Crippen molar-refractivity contribution < 1.29 is 14.2 Å². The Balaban J connectivity index is 0.000000334. The van der Waals surface area contributed by atoms with Gasteiger partial charge in [-0.25, -0.2) is 15.0 Å². The van der Waals surface area contributed by atoms with Crippen LogP contribution in [0.4, 0.5) is 11.5 Å². The number of methoxy groups -OCH3 is 2. The third-order valence-electron chi connectivity index (χ3n) is 4.93. The van der Waals surface area contributed by atoms with Gasteiger partial charge in [0, 0.05) is 37.6 Å². The Morgan fingerprint density at radius 3 is 2.58 bits per heavy atom. The fourth-order valence-electron chi connectivity index (χ4n) is 3.48. The molecule has 0 spiro atoms. The minimum atomic E-state index is 0.253. The third-order valence-corrected chi connectivity index (χ3v) is 4.93. The molecule has 0 aliphatic carbocycles. The highest BCUT2D eigenvalue weighted by Gasteiger charge is 2.27. The lowest BCUT2D eigenvalue weighted by Gasteiger charge is -2.18. The zero-order valence-electron chi connectivity index (χ0n) is 17.6. The second kappa shape index (κ2) is 10.1. The topological polar surface area (TPSA) is 107 Å². The van der Waals surface area contributed by atoms with E-state index >= 15 is 0 Å². The van der Waals surface area contributed by atoms with E-state index in [4.69, 9.17) is 14.2 Å². The van der Waals surface area contributed by atoms with Crippen molar-refractivity contribution in [2.45, 2.75) is 6.42 Å². The monoisotopic (exact) mass is 423 g/mol. The predicted molar refractivity (Wildman–Crippen MR) is 115 cm³/mol. The molecule has 0 bridgehead atoms. The lowest BCUT2D eigenvalue weighted by atomic mass is 10.1. The van der Waals surface area contributed by atoms with E-state index in [-0.39, 0.29) is 6.01 Å². The molecule has 0 amide bonds. The number of rotatable bonds is 4. The SMILES string of the molecule is C1COCCN1.COc1ncc(-c2ncnc3c2CCN3c2cccnc2)c(OC)n1. The fraction of sp³-hybridized carbons (Fsp3) is 0.381. The maximum absolute atomic E-state index is 5.40. The van der Waals surface area contributed by atoms with E-state index in [1.165, 1.54) is 7.11 Å². The maximum atomic E-state index is 5.40. The van der Waals surface area contributed by atoms with E-state index in [1.54, 1.807) is 25.8 Å². The Morgan fingerprint density at radius 1 is 1.06 bits per heavy atom. The highest BCUT2D eigenvalue weighted by Crippen LogP contribution is 2.39. The standard InChI is InChI=1S/C17H16N6O2.C4H9NO/c1-24-16-13(9-19-17(22-16)25-2)14-12-5-7-23(15(12)21-10-20-14)11-4-3-6-18-8-11;1-3-6-4-2-5-1/h3-4,6,8-10H,5,7H2,1-2H3;5H,1-4H2. The highest BCUT2D eigenvalue weighted by atomic mass is 16.5. The number of hydrogen-bond acceptors (Lipinski definition) is 10. The minimum Gasteiger partial charge on any atom is -0.480 e. The molecule has 1 N–H and O–H groups in total. The third kappa shape index (κ3) is 4.70. The van der Waals surface area contributed by atoms with Gasteiger partial charge in [-0.05, 0) is 18.6 Å². The van der Waals surface area contributed by atoms with Gasteiger partial charge >= 0.3 is 6.01 Å². The van der Waals surface area contributed by atoms with E-state index in [0.29, 0.717) is 5.88 Å². The van der Waals surface area contributed by atoms with Crippen LogP contribution in [0.2, 0.25) is 0 Å². The molecule has 10 nitrogen and oxygen atoms in total. The summed E-state index contributed by atoms with van der Waals surface area (Å²) < 4.78 is 15.5. The van der Waals surface area contributed by atoms with Crippen molar-refractivity contribution in [1.82, 2.24) is 30.2 Å². The zero-order chi connectivity index (χ0) is 21.5. The van der Waals surface area contributed by atoms with Crippen LogP contribution in [-0.4, -0.2) is 72.0 Å². The Labute approximate surface area is 180 Å². The summed E-state index contributed by atoms with van der Waals surface area (Å²) in [5, 5.41) is 3.16. The highest BCUT2D eigenvalue weighted by molar-refractivity contribution is 5.76. The van der Waals surface area contributed by atoms with E-state index in [1.807, 2.05) is 18.3 Å². The van der Waals surface area contributed by atoms with Crippen LogP contribution >= 0.6 is 0 Å². The first-order valence-electron chi connectivity index (χ1n) is 10.1. The average molecular weight is 423 g/mol. The largest absolute Gasteiger partial charge is 0.480 e. The van der Waals surface area contributed by atoms with Crippen LogP contribution in [0.5, 0.6) is 11.9 Å². The Bertz CT molecular complexity index is 988. The van der Waals surface area contributed by atoms with E-state index in [2.05, 4.69) is 35.1 Å². The number of aromatic nitrogens is 5. The van der Waals surface area contributed by atoms with Crippen molar-refractivity contribution in [2.24, 2.45) is 0 Å². The van der Waals surface area contributed by atoms with Crippen LogP contribution in [0.15, 0.2) is 37.1 Å². The summed E-state index contributed by atoms with van der Waals surface area (Å²) >= 11 is 0. The Kier molecular flexibility index (Phi) is 6.80. The van der Waals surface area contributed by atoms with Crippen LogP contribution in [0.3, 0.4) is 0 Å². The van der Waals surface area contributed by atoms with Crippen molar-refractivity contribution >= 4 is 11.5 Å². The summed E-state index contributed by atoms with van der Waals surface area (Å²) in [7, 11) is 3.08. The normalized spacial score (nSPS) is 15.0. The lowest BCUT2D eigenvalue weighted by Crippen LogP contribution is -2.30. The Morgan fingerprint density at radius 2 is 1.94 bits per heavy atom. The van der Waals surface area contributed by atoms with E-state index < -0.39 is 0 Å². The molecular formula is C21H25N7O3. The number of pyridine rings is 1. The van der Waals surface area contributed by atoms with Gasteiger partial charge in [0.1, 0.15) is 12.1 Å². The van der Waals surface area contributed by atoms with Crippen LogP contribution in [0, 0.1) is 0 Å². The summed E-state index contributed by atoms with van der Waals surface area (Å²) in [5.74, 6) is 1.29. The van der Waals surface area contributed by atoms with Crippen molar-refractivity contribution in [1.29, 1.82) is 0 Å². The Hall–Kier alpha value is -3.37. The number of nitrogens with one attached hydrogen (secondary N) is 1. The van der Waals surface area contributed by atoms with Crippen LogP contribution in [0.25, 0.3) is 11.3 Å². The van der Waals surface area contributed by atoms with Gasteiger partial charge < -0.3 is 24.4 Å². The quantitative estimate of drug-likeness (QED) is 0.665. The van der Waals surface area contributed by atoms with Crippen LogP contribution in [-0.2, 0) is 11.2 Å². The zero-order valence-corrected chi connectivity index (χ0v) is 17.6. The molecule has 0 radical (unpaired) electrons. The molecule has 2 aliphatic heterocycles. The van der Waals surface area contributed by atoms with Gasteiger partial charge in [-0.2, -0.15) is 4.98 Å². The number of nitrogens with zero attached hydrogens (tertiary/aromatic N) is 6. The smallest absolute Gasteiger partial charge is 0.319 e. The molecule has 1 fully saturated rings. The molecule has 2 aliphatic rings. The second-order valence-corrected chi connectivity index (χ2v) is 6.78. The molecular weight excluding hydrogens is 398 g/mol. The number of anilines is 2. The maximum Gasteiger partial charge on any atom is 0.319 e. The molecule has 31 heavy (non-hydrogen) atoms. The van der Waals surface area contributed by atoms with Gasteiger partial charge in [-0.1, -0.05) is 0 Å². The van der Waals surface area contributed by atoms with Gasteiger partial charge in [0.05, 0.1) is 50.6 Å². The van der Waals surface area contributed by atoms with Gasteiger partial charge in [0.15, 0.2) is 0 Å². The first-order valence-corrected chi connectivity index (χ1v) is 10.1. The average Bonchev–Trinajstić information content (AvgIpc) is 3.30. The molecule has 1 saturated heterocycles. The molecule has 0 atom stereocenters. The number of fused-ring (bicyclic) bond motifs is 1. The molecule has 5 rings (SSSR count). The van der Waals surface area contributed by atoms with E-state index in [9.17, 15) is 0 Å². The van der Waals surface area contributed by atoms with Gasteiger partial charge in [-0.3, -0.25) is 4.98 Å². The van der Waals surface area contributed by atoms with Crippen molar-refractivity contribution in [3.63, 3.8) is 0 Å². The molecule has 162 valence electrons. The summed E-state index contributed by atoms with van der Waals surface area (Å²) in [4.78, 5) is 23.7. The first-order chi connectivity index (χ1) is 15.3. The molecule has 0 unspecified atom stereocenters. The summed E-state index contributed by atoms with van der Waals surface area (Å²) in [5.41, 5.74) is 3.54. The summed E-state index contributed by atoms with van der Waals surface area (Å²) in [6, 6.07) is 4.18. The molecule has 3 aromatic rings. The molecule has 0 aromatic carbocycles. The molecule has 5 heterocycles. The second-order valence-electron chi connectivity index (χ2n) is 6.78. The molecule has 10 heteroatoms. The lowest BCUT2D eigenvalue weighted by molar-refractivity contribution is 0.109. The van der Waals surface area contributed by atoms with Gasteiger partial charge in [0.25, 0.3) is 0 Å². The first kappa shape index (κ1) is 20.9. The number of hydrogen-bond donors (Lipinski definition) is 1. The van der Waals surface area contributed by atoms with Gasteiger partial charge in [-0.15, -0.1) is 0 Å². The van der Waals surface area contributed by atoms with Crippen LogP contribution < -0.4 is 19.7 Å². The van der Waals surface area contributed by atoms with Gasteiger partial charge in [0.2, 0.25) is 5.88 Å². The number of ether oxygens (including phenoxy) is 3. The van der Waals surface area contributed by atoms with Crippen molar-refractivity contribution in [3.05, 3.63) is 42.6 Å².